The van der Waals surface area contributed by atoms with Crippen LogP contribution < -0.4 is 4.74 Å². The average molecular weight is 176 g/mol. The number of benzene rings is 1. The number of rotatable bonds is 3. The first-order valence-electron chi connectivity index (χ1n) is 4.53. The van der Waals surface area contributed by atoms with Crippen LogP contribution in [0.4, 0.5) is 0 Å². The summed E-state index contributed by atoms with van der Waals surface area (Å²) in [5.74, 6) is 0.977. The molecule has 0 spiro atoms. The molecule has 1 aromatic carbocycles. The van der Waals surface area contributed by atoms with E-state index in [4.69, 9.17) is 4.74 Å². The van der Waals surface area contributed by atoms with Gasteiger partial charge < -0.3 is 4.74 Å². The fourth-order valence-corrected chi connectivity index (χ4v) is 1.60. The van der Waals surface area contributed by atoms with E-state index in [1.54, 1.807) is 7.11 Å². The van der Waals surface area contributed by atoms with E-state index in [9.17, 15) is 0 Å². The topological polar surface area (TPSA) is 9.23 Å². The number of hydrogen-bond donors (Lipinski definition) is 0. The normalized spacial score (nSPS) is 9.77. The third kappa shape index (κ3) is 1.74. The zero-order chi connectivity index (χ0) is 9.84. The van der Waals surface area contributed by atoms with Crippen molar-refractivity contribution in [1.29, 1.82) is 0 Å². The maximum atomic E-state index is 5.28. The molecule has 0 amide bonds. The van der Waals surface area contributed by atoms with Crippen molar-refractivity contribution >= 4 is 6.08 Å². The Hall–Kier alpha value is -1.24. The highest BCUT2D eigenvalue weighted by Crippen LogP contribution is 2.25. The number of hydrogen-bond acceptors (Lipinski definition) is 1. The highest BCUT2D eigenvalue weighted by atomic mass is 16.5. The van der Waals surface area contributed by atoms with Crippen LogP contribution in [0.2, 0.25) is 0 Å². The average Bonchev–Trinajstić information content (AvgIpc) is 2.17. The predicted octanol–water partition coefficient (Wildman–Crippen LogP) is 3.21. The highest BCUT2D eigenvalue weighted by Gasteiger charge is 2.06. The Bertz CT molecular complexity index is 313. The fraction of sp³-hybridized carbons (Fsp3) is 0.333. The van der Waals surface area contributed by atoms with E-state index < -0.39 is 0 Å². The Morgan fingerprint density at radius 1 is 1.46 bits per heavy atom. The molecular formula is C12H16O. The lowest BCUT2D eigenvalue weighted by Gasteiger charge is -2.11. The van der Waals surface area contributed by atoms with Crippen molar-refractivity contribution in [2.75, 3.05) is 7.11 Å². The minimum absolute atomic E-state index is 0.977. The second-order valence-electron chi connectivity index (χ2n) is 3.02. The van der Waals surface area contributed by atoms with E-state index >= 15 is 0 Å². The van der Waals surface area contributed by atoms with Crippen LogP contribution >= 0.6 is 0 Å². The van der Waals surface area contributed by atoms with Crippen molar-refractivity contribution in [3.05, 3.63) is 35.4 Å². The second kappa shape index (κ2) is 4.13. The molecule has 1 aromatic rings. The predicted molar refractivity (Wildman–Crippen MR) is 57.2 cm³/mol. The van der Waals surface area contributed by atoms with Gasteiger partial charge in [-0.2, -0.15) is 0 Å². The van der Waals surface area contributed by atoms with Gasteiger partial charge in [0.2, 0.25) is 0 Å². The first-order valence-corrected chi connectivity index (χ1v) is 4.53. The monoisotopic (exact) mass is 176 g/mol. The van der Waals surface area contributed by atoms with E-state index in [1.807, 2.05) is 18.2 Å². The molecule has 0 heterocycles. The van der Waals surface area contributed by atoms with Gasteiger partial charge >= 0.3 is 0 Å². The van der Waals surface area contributed by atoms with Gasteiger partial charge in [-0.15, -0.1) is 0 Å². The van der Waals surface area contributed by atoms with E-state index in [2.05, 4.69) is 20.4 Å². The van der Waals surface area contributed by atoms with Crippen molar-refractivity contribution in [2.45, 2.75) is 20.3 Å². The summed E-state index contributed by atoms with van der Waals surface area (Å²) in [5.41, 5.74) is 3.74. The zero-order valence-corrected chi connectivity index (χ0v) is 8.55. The third-order valence-corrected chi connectivity index (χ3v) is 2.39. The highest BCUT2D eigenvalue weighted by molar-refractivity contribution is 5.57. The molecule has 0 aliphatic rings. The quantitative estimate of drug-likeness (QED) is 0.687. The lowest BCUT2D eigenvalue weighted by molar-refractivity contribution is 0.409. The van der Waals surface area contributed by atoms with Gasteiger partial charge in [0.05, 0.1) is 7.11 Å². The molecule has 1 rings (SSSR count). The van der Waals surface area contributed by atoms with Crippen LogP contribution in [-0.4, -0.2) is 7.11 Å². The van der Waals surface area contributed by atoms with Gasteiger partial charge in [-0.1, -0.05) is 25.6 Å². The van der Waals surface area contributed by atoms with Crippen molar-refractivity contribution in [1.82, 2.24) is 0 Å². The summed E-state index contributed by atoms with van der Waals surface area (Å²) in [4.78, 5) is 0. The van der Waals surface area contributed by atoms with Gasteiger partial charge in [0.1, 0.15) is 5.75 Å². The van der Waals surface area contributed by atoms with E-state index in [0.717, 1.165) is 12.2 Å². The van der Waals surface area contributed by atoms with Gasteiger partial charge in [-0.3, -0.25) is 0 Å². The SMILES string of the molecule is C=Cc1ccc(OC)c(CC)c1C. The maximum absolute atomic E-state index is 5.28. The van der Waals surface area contributed by atoms with Gasteiger partial charge in [0, 0.05) is 0 Å². The van der Waals surface area contributed by atoms with Gasteiger partial charge in [0.25, 0.3) is 0 Å². The van der Waals surface area contributed by atoms with E-state index in [-0.39, 0.29) is 0 Å². The molecule has 0 bridgehead atoms. The first kappa shape index (κ1) is 9.85. The molecule has 1 heteroatoms. The molecule has 13 heavy (non-hydrogen) atoms. The Kier molecular flexibility index (Phi) is 3.13. The fourth-order valence-electron chi connectivity index (χ4n) is 1.60. The molecule has 0 N–H and O–H groups in total. The Balaban J connectivity index is 3.31. The smallest absolute Gasteiger partial charge is 0.122 e. The molecule has 0 saturated carbocycles. The van der Waals surface area contributed by atoms with Gasteiger partial charge in [-0.05, 0) is 36.1 Å². The summed E-state index contributed by atoms with van der Waals surface area (Å²) in [7, 11) is 1.71. The molecule has 0 aliphatic heterocycles. The molecule has 0 aromatic heterocycles. The van der Waals surface area contributed by atoms with Crippen LogP contribution in [0.3, 0.4) is 0 Å². The largest absolute Gasteiger partial charge is 0.496 e. The minimum Gasteiger partial charge on any atom is -0.496 e. The van der Waals surface area contributed by atoms with Crippen LogP contribution in [0.1, 0.15) is 23.6 Å². The van der Waals surface area contributed by atoms with Crippen molar-refractivity contribution < 1.29 is 4.74 Å². The van der Waals surface area contributed by atoms with Crippen LogP contribution in [0, 0.1) is 6.92 Å². The van der Waals surface area contributed by atoms with Gasteiger partial charge in [-0.25, -0.2) is 0 Å². The molecule has 0 atom stereocenters. The first-order chi connectivity index (χ1) is 6.24. The third-order valence-electron chi connectivity index (χ3n) is 2.39. The maximum Gasteiger partial charge on any atom is 0.122 e. The van der Waals surface area contributed by atoms with Gasteiger partial charge in [0.15, 0.2) is 0 Å². The molecule has 0 saturated heterocycles. The second-order valence-corrected chi connectivity index (χ2v) is 3.02. The molecule has 0 unspecified atom stereocenters. The number of methoxy groups -OCH3 is 1. The van der Waals surface area contributed by atoms with Crippen LogP contribution in [-0.2, 0) is 6.42 Å². The molecular weight excluding hydrogens is 160 g/mol. The standard InChI is InChI=1S/C12H16O/c1-5-10-7-8-12(13-4)11(6-2)9(10)3/h5,7-8H,1,6H2,2-4H3. The van der Waals surface area contributed by atoms with E-state index in [1.165, 1.54) is 16.7 Å². The summed E-state index contributed by atoms with van der Waals surface area (Å²) in [6.07, 6.45) is 2.88. The number of ether oxygens (including phenoxy) is 1. The Labute approximate surface area is 80.0 Å². The lowest BCUT2D eigenvalue weighted by Crippen LogP contribution is -1.95. The zero-order valence-electron chi connectivity index (χ0n) is 8.55. The summed E-state index contributed by atoms with van der Waals surface area (Å²) >= 11 is 0. The molecule has 0 fully saturated rings. The minimum atomic E-state index is 0.977. The Morgan fingerprint density at radius 2 is 2.15 bits per heavy atom. The summed E-state index contributed by atoms with van der Waals surface area (Å²) in [6, 6.07) is 4.04. The van der Waals surface area contributed by atoms with E-state index in [0.29, 0.717) is 0 Å². The Morgan fingerprint density at radius 3 is 2.62 bits per heavy atom. The summed E-state index contributed by atoms with van der Waals surface area (Å²) in [5, 5.41) is 0. The lowest BCUT2D eigenvalue weighted by atomic mass is 9.99. The van der Waals surface area contributed by atoms with Crippen molar-refractivity contribution in [3.63, 3.8) is 0 Å². The van der Waals surface area contributed by atoms with Crippen LogP contribution in [0.5, 0.6) is 5.75 Å². The summed E-state index contributed by atoms with van der Waals surface area (Å²) < 4.78 is 5.28. The summed E-state index contributed by atoms with van der Waals surface area (Å²) in [6.45, 7) is 8.03. The van der Waals surface area contributed by atoms with Crippen molar-refractivity contribution in [2.24, 2.45) is 0 Å². The molecule has 1 nitrogen and oxygen atoms in total. The molecule has 70 valence electrons. The molecule has 0 aliphatic carbocycles. The van der Waals surface area contributed by atoms with Crippen molar-refractivity contribution in [3.8, 4) is 5.75 Å². The van der Waals surface area contributed by atoms with Crippen LogP contribution in [0.15, 0.2) is 18.7 Å². The molecule has 0 radical (unpaired) electrons. The van der Waals surface area contributed by atoms with Crippen LogP contribution in [0.25, 0.3) is 6.08 Å².